The van der Waals surface area contributed by atoms with Gasteiger partial charge in [-0.05, 0) is 97.7 Å². The van der Waals surface area contributed by atoms with Crippen molar-refractivity contribution in [3.05, 3.63) is 11.6 Å². The Balaban J connectivity index is 1.66. The van der Waals surface area contributed by atoms with E-state index in [1.807, 2.05) is 0 Å². The first-order valence-corrected chi connectivity index (χ1v) is 16.5. The maximum Gasteiger partial charge on any atom is 0.469 e. The van der Waals surface area contributed by atoms with Gasteiger partial charge in [-0.3, -0.25) is 9.32 Å². The molecule has 0 aromatic heterocycles. The van der Waals surface area contributed by atoms with Crippen molar-refractivity contribution in [1.29, 1.82) is 0 Å². The topological polar surface area (TPSA) is 165 Å². The number of carboxylic acids is 1. The minimum absolute atomic E-state index is 0.0437. The quantitative estimate of drug-likeness (QED) is 0.206. The fourth-order valence-electron chi connectivity index (χ4n) is 11.5. The molecule has 12 atom stereocenters. The molecular weight excluding hydrogens is 535 g/mol. The van der Waals surface area contributed by atoms with Gasteiger partial charge in [0, 0.05) is 5.41 Å². The first kappa shape index (κ1) is 30.7. The molecule has 0 unspecified atom stereocenters. The molecule has 0 aromatic carbocycles. The molecule has 0 spiro atoms. The number of allylic oxidation sites excluding steroid dienone is 2. The molecule has 0 saturated heterocycles. The predicted molar refractivity (Wildman–Crippen MR) is 148 cm³/mol. The second-order valence-electron chi connectivity index (χ2n) is 15.1. The molecule has 4 saturated carbocycles. The second kappa shape index (κ2) is 9.35. The highest BCUT2D eigenvalue weighted by atomic mass is 31.2. The van der Waals surface area contributed by atoms with E-state index >= 15 is 0 Å². The average molecular weight is 585 g/mol. The van der Waals surface area contributed by atoms with E-state index in [0.717, 1.165) is 31.3 Å². The number of hydrogen-bond acceptors (Lipinski definition) is 6. The lowest BCUT2D eigenvalue weighted by molar-refractivity contribution is -0.263. The first-order chi connectivity index (χ1) is 18.3. The normalized spacial score (nSPS) is 52.3. The molecular formula is C30H49O9P. The lowest BCUT2D eigenvalue weighted by Gasteiger charge is -2.70. The van der Waals surface area contributed by atoms with Crippen LogP contribution >= 0.6 is 7.82 Å². The first-order valence-electron chi connectivity index (χ1n) is 15.0. The van der Waals surface area contributed by atoms with Crippen molar-refractivity contribution in [2.24, 2.45) is 56.7 Å². The molecule has 0 heterocycles. The molecule has 5 aliphatic rings. The number of carbonyl (C=O) groups is 1. The van der Waals surface area contributed by atoms with Gasteiger partial charge < -0.3 is 30.2 Å². The number of rotatable bonds is 5. The fourth-order valence-corrected chi connectivity index (χ4v) is 11.9. The zero-order valence-corrected chi connectivity index (χ0v) is 25.6. The van der Waals surface area contributed by atoms with Crippen LogP contribution in [0.4, 0.5) is 0 Å². The molecule has 228 valence electrons. The van der Waals surface area contributed by atoms with E-state index in [1.54, 1.807) is 0 Å². The lowest BCUT2D eigenvalue weighted by Crippen LogP contribution is -2.73. The van der Waals surface area contributed by atoms with Gasteiger partial charge in [-0.25, -0.2) is 4.57 Å². The number of aliphatic carboxylic acids is 1. The summed E-state index contributed by atoms with van der Waals surface area (Å²) in [6, 6.07) is 0. The highest BCUT2D eigenvalue weighted by Gasteiger charge is 2.74. The molecule has 0 aliphatic heterocycles. The Morgan fingerprint density at radius 1 is 1.00 bits per heavy atom. The van der Waals surface area contributed by atoms with Crippen molar-refractivity contribution in [1.82, 2.24) is 0 Å². The summed E-state index contributed by atoms with van der Waals surface area (Å²) in [5, 5.41) is 44.2. The predicted octanol–water partition coefficient (Wildman–Crippen LogP) is 4.12. The summed E-state index contributed by atoms with van der Waals surface area (Å²) in [4.78, 5) is 32.2. The molecule has 0 radical (unpaired) electrons. The van der Waals surface area contributed by atoms with Crippen molar-refractivity contribution < 1.29 is 44.1 Å². The van der Waals surface area contributed by atoms with Crippen molar-refractivity contribution in [2.45, 2.75) is 105 Å². The third-order valence-corrected chi connectivity index (χ3v) is 14.2. The Bertz CT molecular complexity index is 1130. The van der Waals surface area contributed by atoms with Crippen LogP contribution in [0.15, 0.2) is 11.6 Å². The van der Waals surface area contributed by atoms with E-state index in [0.29, 0.717) is 24.2 Å². The summed E-state index contributed by atoms with van der Waals surface area (Å²) in [5.41, 5.74) is -2.36. The van der Waals surface area contributed by atoms with Crippen LogP contribution in [-0.4, -0.2) is 61.1 Å². The van der Waals surface area contributed by atoms with E-state index in [-0.39, 0.29) is 22.7 Å². The maximum absolute atomic E-state index is 12.7. The number of aliphatic hydroxyl groups excluding tert-OH is 3. The molecule has 40 heavy (non-hydrogen) atoms. The average Bonchev–Trinajstić information content (AvgIpc) is 3.23. The van der Waals surface area contributed by atoms with Crippen molar-refractivity contribution in [2.75, 3.05) is 6.61 Å². The van der Waals surface area contributed by atoms with Gasteiger partial charge in [0.25, 0.3) is 0 Å². The van der Waals surface area contributed by atoms with E-state index < -0.39 is 61.4 Å². The van der Waals surface area contributed by atoms with Crippen molar-refractivity contribution in [3.63, 3.8) is 0 Å². The monoisotopic (exact) mass is 584 g/mol. The smallest absolute Gasteiger partial charge is 0.469 e. The van der Waals surface area contributed by atoms with Gasteiger partial charge in [-0.15, -0.1) is 0 Å². The third-order valence-electron chi connectivity index (χ3n) is 13.7. The number of phosphoric ester groups is 1. The minimum Gasteiger partial charge on any atom is -0.481 e. The van der Waals surface area contributed by atoms with Crippen LogP contribution in [0.2, 0.25) is 0 Å². The summed E-state index contributed by atoms with van der Waals surface area (Å²) in [6.07, 6.45) is 2.85. The molecule has 5 rings (SSSR count). The number of phosphoric acid groups is 1. The Labute approximate surface area is 237 Å². The summed E-state index contributed by atoms with van der Waals surface area (Å²) in [6.45, 7) is 12.6. The van der Waals surface area contributed by atoms with Crippen LogP contribution in [0, 0.1) is 56.7 Å². The second-order valence-corrected chi connectivity index (χ2v) is 16.4. The van der Waals surface area contributed by atoms with Crippen LogP contribution in [0.3, 0.4) is 0 Å². The zero-order valence-electron chi connectivity index (χ0n) is 24.7. The Morgan fingerprint density at radius 2 is 1.65 bits per heavy atom. The molecule has 0 aromatic rings. The SMILES string of the molecule is CC(C)[C@H]1CC[C@@H]2[C@]1(C)CC[C@]1(C)C3=CC[C@H]4[C@](C)(C(=O)O)[C@@H](O)[C@H](O)[C@@H](O)[C@]4(COP(=O)(O)O)[C@H]3CC[C@@]21C. The number of aliphatic hydroxyl groups is 3. The molecule has 10 heteroatoms. The summed E-state index contributed by atoms with van der Waals surface area (Å²) in [5.74, 6) is -0.943. The number of fused-ring (bicyclic) bond motifs is 7. The summed E-state index contributed by atoms with van der Waals surface area (Å²) in [7, 11) is -5.00. The van der Waals surface area contributed by atoms with Gasteiger partial charge in [-0.1, -0.05) is 46.3 Å². The van der Waals surface area contributed by atoms with Crippen LogP contribution < -0.4 is 0 Å². The van der Waals surface area contributed by atoms with Gasteiger partial charge in [0.1, 0.15) is 6.10 Å². The molecule has 0 bridgehead atoms. The van der Waals surface area contributed by atoms with Gasteiger partial charge in [0.05, 0.1) is 24.2 Å². The number of carboxylic acid groups (broad SMARTS) is 1. The Hall–Kier alpha value is -0.800. The Kier molecular flexibility index (Phi) is 7.16. The van der Waals surface area contributed by atoms with E-state index in [4.69, 9.17) is 4.52 Å². The van der Waals surface area contributed by atoms with Crippen molar-refractivity contribution in [3.8, 4) is 0 Å². The van der Waals surface area contributed by atoms with Crippen LogP contribution in [0.25, 0.3) is 0 Å². The van der Waals surface area contributed by atoms with E-state index in [2.05, 4.69) is 40.7 Å². The zero-order chi connectivity index (χ0) is 29.8. The van der Waals surface area contributed by atoms with Gasteiger partial charge in [0.2, 0.25) is 0 Å². The summed E-state index contributed by atoms with van der Waals surface area (Å²) < 4.78 is 17.1. The largest absolute Gasteiger partial charge is 0.481 e. The molecule has 0 amide bonds. The van der Waals surface area contributed by atoms with E-state index in [9.17, 15) is 39.6 Å². The molecule has 4 fully saturated rings. The molecule has 5 aliphatic carbocycles. The van der Waals surface area contributed by atoms with E-state index in [1.165, 1.54) is 13.3 Å². The maximum atomic E-state index is 12.7. The van der Waals surface area contributed by atoms with Gasteiger partial charge >= 0.3 is 13.8 Å². The summed E-state index contributed by atoms with van der Waals surface area (Å²) >= 11 is 0. The molecule has 9 nitrogen and oxygen atoms in total. The van der Waals surface area contributed by atoms with Crippen LogP contribution in [0.5, 0.6) is 0 Å². The van der Waals surface area contributed by atoms with Crippen LogP contribution in [0.1, 0.15) is 86.5 Å². The standard InChI is InChI=1S/C30H49O9P/c1-16(2)17-7-9-20-26(17,3)13-14-27(4)18-8-10-21-29(6,25(34)35)23(32)22(31)24(33)30(21,15-39-40(36,37)38)19(18)11-12-28(20,27)5/h8,16-17,19-24,31-33H,7,9-15H2,1-6H3,(H,34,35)(H2,36,37,38)/t17-,19+,20-,21+,22+,23+,24-,26-,27-,28+,29+,30-/m1/s1. The molecule has 6 N–H and O–H groups in total. The highest BCUT2D eigenvalue weighted by molar-refractivity contribution is 7.46. The van der Waals surface area contributed by atoms with Gasteiger partial charge in [-0.2, -0.15) is 0 Å². The highest BCUT2D eigenvalue weighted by Crippen LogP contribution is 2.76. The Morgan fingerprint density at radius 3 is 2.23 bits per heavy atom. The number of hydrogen-bond donors (Lipinski definition) is 6. The lowest BCUT2D eigenvalue weighted by atomic mass is 9.35. The van der Waals surface area contributed by atoms with Crippen LogP contribution in [-0.2, 0) is 13.9 Å². The van der Waals surface area contributed by atoms with Crippen molar-refractivity contribution >= 4 is 13.8 Å². The third kappa shape index (κ3) is 3.74. The minimum atomic E-state index is -5.00. The fraction of sp³-hybridized carbons (Fsp3) is 0.900. The van der Waals surface area contributed by atoms with Gasteiger partial charge in [0.15, 0.2) is 0 Å².